The van der Waals surface area contributed by atoms with Gasteiger partial charge in [0, 0.05) is 25.3 Å². The number of rotatable bonds is 10. The Morgan fingerprint density at radius 2 is 1.94 bits per heavy atom. The number of nitrogens with one attached hydrogen (secondary N) is 1. The second kappa shape index (κ2) is 9.48. The molecule has 0 aliphatic heterocycles. The van der Waals surface area contributed by atoms with Crippen LogP contribution in [-0.2, 0) is 14.3 Å². The van der Waals surface area contributed by atoms with Crippen molar-refractivity contribution < 1.29 is 14.3 Å². The van der Waals surface area contributed by atoms with E-state index in [0.717, 1.165) is 0 Å². The standard InChI is InChI=1S/C12H23NO3/c1-4-11(14)5-7-16-8-6-13-9-12(15)10(2)3/h10,13H,4-9H2,1-3H3. The summed E-state index contributed by atoms with van der Waals surface area (Å²) in [7, 11) is 0. The van der Waals surface area contributed by atoms with Gasteiger partial charge in [0.2, 0.25) is 0 Å². The number of carbonyl (C=O) groups is 2. The molecule has 0 fully saturated rings. The molecule has 0 aliphatic carbocycles. The lowest BCUT2D eigenvalue weighted by Crippen LogP contribution is -2.29. The van der Waals surface area contributed by atoms with Crippen molar-refractivity contribution in [3.8, 4) is 0 Å². The molecule has 0 saturated carbocycles. The molecule has 0 atom stereocenters. The van der Waals surface area contributed by atoms with Crippen molar-refractivity contribution in [3.63, 3.8) is 0 Å². The molecular formula is C12H23NO3. The van der Waals surface area contributed by atoms with Crippen LogP contribution in [-0.4, -0.2) is 37.9 Å². The Labute approximate surface area is 97.7 Å². The molecule has 0 rings (SSSR count). The van der Waals surface area contributed by atoms with E-state index < -0.39 is 0 Å². The van der Waals surface area contributed by atoms with Crippen LogP contribution in [0.2, 0.25) is 0 Å². The van der Waals surface area contributed by atoms with Crippen LogP contribution in [0.1, 0.15) is 33.6 Å². The van der Waals surface area contributed by atoms with Gasteiger partial charge in [0.15, 0.2) is 0 Å². The molecule has 0 aromatic rings. The second-order valence-corrected chi connectivity index (χ2v) is 4.05. The third-order valence-electron chi connectivity index (χ3n) is 2.29. The van der Waals surface area contributed by atoms with Crippen LogP contribution in [0.5, 0.6) is 0 Å². The Morgan fingerprint density at radius 3 is 2.50 bits per heavy atom. The van der Waals surface area contributed by atoms with Crippen LogP contribution in [0.25, 0.3) is 0 Å². The van der Waals surface area contributed by atoms with E-state index in [1.165, 1.54) is 0 Å². The van der Waals surface area contributed by atoms with E-state index in [0.29, 0.717) is 39.1 Å². The monoisotopic (exact) mass is 229 g/mol. The fourth-order valence-electron chi connectivity index (χ4n) is 1.02. The summed E-state index contributed by atoms with van der Waals surface area (Å²) >= 11 is 0. The Bertz CT molecular complexity index is 214. The third-order valence-corrected chi connectivity index (χ3v) is 2.29. The van der Waals surface area contributed by atoms with E-state index in [1.807, 2.05) is 20.8 Å². The first-order valence-corrected chi connectivity index (χ1v) is 5.90. The number of Topliss-reactive ketones (excluding diaryl/α,β-unsaturated/α-hetero) is 2. The Balaban J connectivity index is 3.22. The molecule has 1 N–H and O–H groups in total. The van der Waals surface area contributed by atoms with Gasteiger partial charge in [-0.2, -0.15) is 0 Å². The summed E-state index contributed by atoms with van der Waals surface area (Å²) in [6, 6.07) is 0. The van der Waals surface area contributed by atoms with Crippen LogP contribution in [0.15, 0.2) is 0 Å². The number of carbonyl (C=O) groups excluding carboxylic acids is 2. The minimum atomic E-state index is 0.0793. The van der Waals surface area contributed by atoms with Crippen LogP contribution in [0.3, 0.4) is 0 Å². The second-order valence-electron chi connectivity index (χ2n) is 4.05. The fraction of sp³-hybridized carbons (Fsp3) is 0.833. The molecule has 4 heteroatoms. The van der Waals surface area contributed by atoms with Crippen LogP contribution >= 0.6 is 0 Å². The van der Waals surface area contributed by atoms with E-state index in [9.17, 15) is 9.59 Å². The van der Waals surface area contributed by atoms with Crippen molar-refractivity contribution in [1.82, 2.24) is 5.32 Å². The summed E-state index contributed by atoms with van der Waals surface area (Å²) in [5.74, 6) is 0.514. The van der Waals surface area contributed by atoms with Gasteiger partial charge in [-0.15, -0.1) is 0 Å². The minimum absolute atomic E-state index is 0.0793. The molecule has 94 valence electrons. The smallest absolute Gasteiger partial charge is 0.149 e. The first kappa shape index (κ1) is 15.3. The van der Waals surface area contributed by atoms with Crippen LogP contribution in [0, 0.1) is 5.92 Å². The van der Waals surface area contributed by atoms with Gasteiger partial charge in [0.1, 0.15) is 11.6 Å². The molecule has 0 aliphatic rings. The lowest BCUT2D eigenvalue weighted by molar-refractivity contribution is -0.121. The number of hydrogen-bond acceptors (Lipinski definition) is 4. The Hall–Kier alpha value is -0.740. The lowest BCUT2D eigenvalue weighted by atomic mass is 10.1. The van der Waals surface area contributed by atoms with Crippen LogP contribution < -0.4 is 5.32 Å². The molecule has 0 amide bonds. The molecule has 0 aromatic heterocycles. The summed E-state index contributed by atoms with van der Waals surface area (Å²) in [5, 5.41) is 3.01. The van der Waals surface area contributed by atoms with Gasteiger partial charge in [-0.25, -0.2) is 0 Å². The van der Waals surface area contributed by atoms with Crippen LogP contribution in [0.4, 0.5) is 0 Å². The van der Waals surface area contributed by atoms with Gasteiger partial charge in [0.05, 0.1) is 19.8 Å². The topological polar surface area (TPSA) is 55.4 Å². The van der Waals surface area contributed by atoms with Crippen molar-refractivity contribution >= 4 is 11.6 Å². The number of ketones is 2. The highest BCUT2D eigenvalue weighted by atomic mass is 16.5. The molecule has 0 radical (unpaired) electrons. The quantitative estimate of drug-likeness (QED) is 0.572. The third kappa shape index (κ3) is 8.56. The van der Waals surface area contributed by atoms with Gasteiger partial charge >= 0.3 is 0 Å². The molecule has 0 spiro atoms. The summed E-state index contributed by atoms with van der Waals surface area (Å²) < 4.78 is 5.25. The van der Waals surface area contributed by atoms with Gasteiger partial charge in [-0.3, -0.25) is 9.59 Å². The molecular weight excluding hydrogens is 206 g/mol. The zero-order valence-electron chi connectivity index (χ0n) is 10.5. The van der Waals surface area contributed by atoms with E-state index in [-0.39, 0.29) is 17.5 Å². The van der Waals surface area contributed by atoms with E-state index in [2.05, 4.69) is 5.32 Å². The van der Waals surface area contributed by atoms with E-state index >= 15 is 0 Å². The molecule has 0 bridgehead atoms. The number of hydrogen-bond donors (Lipinski definition) is 1. The molecule has 16 heavy (non-hydrogen) atoms. The molecule has 0 saturated heterocycles. The maximum atomic E-state index is 11.2. The number of ether oxygens (including phenoxy) is 1. The van der Waals surface area contributed by atoms with Gasteiger partial charge < -0.3 is 10.1 Å². The average Bonchev–Trinajstić information content (AvgIpc) is 2.26. The summed E-state index contributed by atoms with van der Waals surface area (Å²) in [4.78, 5) is 22.1. The molecule has 0 aromatic carbocycles. The lowest BCUT2D eigenvalue weighted by Gasteiger charge is -2.06. The Kier molecular flexibility index (Phi) is 9.04. The van der Waals surface area contributed by atoms with Gasteiger partial charge in [-0.1, -0.05) is 20.8 Å². The summed E-state index contributed by atoms with van der Waals surface area (Å²) in [6.45, 7) is 7.69. The van der Waals surface area contributed by atoms with Crippen molar-refractivity contribution in [1.29, 1.82) is 0 Å². The maximum Gasteiger partial charge on any atom is 0.149 e. The summed E-state index contributed by atoms with van der Waals surface area (Å²) in [6.07, 6.45) is 1.06. The SMILES string of the molecule is CCC(=O)CCOCCNCC(=O)C(C)C. The highest BCUT2D eigenvalue weighted by molar-refractivity contribution is 5.82. The van der Waals surface area contributed by atoms with Crippen molar-refractivity contribution in [2.24, 2.45) is 5.92 Å². The molecule has 4 nitrogen and oxygen atoms in total. The molecule has 0 heterocycles. The largest absolute Gasteiger partial charge is 0.380 e. The summed E-state index contributed by atoms with van der Waals surface area (Å²) in [5.41, 5.74) is 0. The van der Waals surface area contributed by atoms with E-state index in [1.54, 1.807) is 0 Å². The fourth-order valence-corrected chi connectivity index (χ4v) is 1.02. The van der Waals surface area contributed by atoms with Gasteiger partial charge in [0.25, 0.3) is 0 Å². The first-order valence-electron chi connectivity index (χ1n) is 5.90. The zero-order valence-corrected chi connectivity index (χ0v) is 10.5. The van der Waals surface area contributed by atoms with Crippen molar-refractivity contribution in [2.45, 2.75) is 33.6 Å². The minimum Gasteiger partial charge on any atom is -0.380 e. The first-order chi connectivity index (χ1) is 7.57. The van der Waals surface area contributed by atoms with Crippen molar-refractivity contribution in [2.75, 3.05) is 26.3 Å². The zero-order chi connectivity index (χ0) is 12.4. The van der Waals surface area contributed by atoms with Crippen molar-refractivity contribution in [3.05, 3.63) is 0 Å². The van der Waals surface area contributed by atoms with E-state index in [4.69, 9.17) is 4.74 Å². The maximum absolute atomic E-state index is 11.2. The predicted octanol–water partition coefficient (Wildman–Crippen LogP) is 1.19. The normalized spacial score (nSPS) is 10.8. The highest BCUT2D eigenvalue weighted by Gasteiger charge is 2.05. The molecule has 0 unspecified atom stereocenters. The highest BCUT2D eigenvalue weighted by Crippen LogP contribution is 1.92. The Morgan fingerprint density at radius 1 is 1.25 bits per heavy atom. The average molecular weight is 229 g/mol. The predicted molar refractivity (Wildman–Crippen MR) is 63.4 cm³/mol. The van der Waals surface area contributed by atoms with Gasteiger partial charge in [-0.05, 0) is 0 Å².